The molecular formula is C15H20F3NO2. The van der Waals surface area contributed by atoms with Gasteiger partial charge in [0.2, 0.25) is 0 Å². The van der Waals surface area contributed by atoms with Crippen molar-refractivity contribution in [3.05, 3.63) is 35.4 Å². The van der Waals surface area contributed by atoms with E-state index in [9.17, 15) is 18.3 Å². The molecule has 0 bridgehead atoms. The number of hydrogen-bond donors (Lipinski definition) is 1. The maximum absolute atomic E-state index is 12.5. The van der Waals surface area contributed by atoms with E-state index in [2.05, 4.69) is 4.90 Å². The lowest BCUT2D eigenvalue weighted by Gasteiger charge is -2.34. The molecule has 0 spiro atoms. The van der Waals surface area contributed by atoms with E-state index in [0.29, 0.717) is 26.1 Å². The Hall–Kier alpha value is -1.11. The minimum atomic E-state index is -4.32. The standard InChI is InChI=1S/C15H20F3NO2/c1-2-13(20)9-19-7-8-21-14(10-19)11-3-5-12(6-4-11)15(16,17)18/h3-6,13-14,20H,2,7-10H2,1H3. The molecule has 6 heteroatoms. The second-order valence-electron chi connectivity index (χ2n) is 5.30. The van der Waals surface area contributed by atoms with Gasteiger partial charge in [-0.2, -0.15) is 13.2 Å². The summed E-state index contributed by atoms with van der Waals surface area (Å²) < 4.78 is 43.2. The van der Waals surface area contributed by atoms with Crippen LogP contribution < -0.4 is 0 Å². The Kier molecular flexibility index (Phi) is 5.24. The molecule has 0 amide bonds. The first-order valence-corrected chi connectivity index (χ1v) is 7.09. The zero-order valence-electron chi connectivity index (χ0n) is 11.9. The molecule has 21 heavy (non-hydrogen) atoms. The molecule has 1 aliphatic rings. The number of benzene rings is 1. The van der Waals surface area contributed by atoms with Crippen molar-refractivity contribution < 1.29 is 23.0 Å². The number of aliphatic hydroxyl groups is 1. The molecule has 1 aromatic carbocycles. The topological polar surface area (TPSA) is 32.7 Å². The fourth-order valence-corrected chi connectivity index (χ4v) is 2.38. The third-order valence-corrected chi connectivity index (χ3v) is 3.70. The van der Waals surface area contributed by atoms with Gasteiger partial charge in [0.25, 0.3) is 0 Å². The molecule has 2 atom stereocenters. The smallest absolute Gasteiger partial charge is 0.392 e. The van der Waals surface area contributed by atoms with Gasteiger partial charge in [-0.1, -0.05) is 19.1 Å². The molecule has 3 nitrogen and oxygen atoms in total. The summed E-state index contributed by atoms with van der Waals surface area (Å²) in [7, 11) is 0. The third-order valence-electron chi connectivity index (χ3n) is 3.70. The van der Waals surface area contributed by atoms with Crippen molar-refractivity contribution in [1.82, 2.24) is 4.90 Å². The minimum absolute atomic E-state index is 0.245. The zero-order valence-corrected chi connectivity index (χ0v) is 11.9. The highest BCUT2D eigenvalue weighted by atomic mass is 19.4. The van der Waals surface area contributed by atoms with Gasteiger partial charge >= 0.3 is 6.18 Å². The van der Waals surface area contributed by atoms with Crippen LogP contribution in [0.2, 0.25) is 0 Å². The van der Waals surface area contributed by atoms with Crippen LogP contribution in [0.25, 0.3) is 0 Å². The number of morpholine rings is 1. The van der Waals surface area contributed by atoms with Gasteiger partial charge in [-0.05, 0) is 24.1 Å². The van der Waals surface area contributed by atoms with Crippen LogP contribution in [0.4, 0.5) is 13.2 Å². The molecule has 1 aliphatic heterocycles. The number of hydrogen-bond acceptors (Lipinski definition) is 3. The van der Waals surface area contributed by atoms with Crippen molar-refractivity contribution in [2.24, 2.45) is 0 Å². The normalized spacial score (nSPS) is 22.2. The second kappa shape index (κ2) is 6.77. The Morgan fingerprint density at radius 1 is 1.33 bits per heavy atom. The van der Waals surface area contributed by atoms with E-state index in [4.69, 9.17) is 4.74 Å². The van der Waals surface area contributed by atoms with Crippen LogP contribution in [0.5, 0.6) is 0 Å². The van der Waals surface area contributed by atoms with E-state index in [-0.39, 0.29) is 12.2 Å². The first-order valence-electron chi connectivity index (χ1n) is 7.09. The van der Waals surface area contributed by atoms with Gasteiger partial charge in [0.1, 0.15) is 0 Å². The predicted molar refractivity (Wildman–Crippen MR) is 72.9 cm³/mol. The molecule has 1 fully saturated rings. The van der Waals surface area contributed by atoms with Crippen LogP contribution in [0.3, 0.4) is 0 Å². The lowest BCUT2D eigenvalue weighted by molar-refractivity contribution is -0.137. The summed E-state index contributed by atoms with van der Waals surface area (Å²) in [4.78, 5) is 2.08. The summed E-state index contributed by atoms with van der Waals surface area (Å²) in [6.07, 6.45) is -4.26. The number of alkyl halides is 3. The fourth-order valence-electron chi connectivity index (χ4n) is 2.38. The zero-order chi connectivity index (χ0) is 15.5. The number of rotatable bonds is 4. The molecule has 1 N–H and O–H groups in total. The molecule has 2 unspecified atom stereocenters. The van der Waals surface area contributed by atoms with Crippen LogP contribution in [0.15, 0.2) is 24.3 Å². The van der Waals surface area contributed by atoms with E-state index < -0.39 is 11.7 Å². The Morgan fingerprint density at radius 2 is 2.00 bits per heavy atom. The summed E-state index contributed by atoms with van der Waals surface area (Å²) in [6, 6.07) is 5.09. The Balaban J connectivity index is 2.01. The van der Waals surface area contributed by atoms with Gasteiger partial charge < -0.3 is 9.84 Å². The van der Waals surface area contributed by atoms with E-state index in [0.717, 1.165) is 24.2 Å². The van der Waals surface area contributed by atoms with E-state index >= 15 is 0 Å². The van der Waals surface area contributed by atoms with Crippen molar-refractivity contribution >= 4 is 0 Å². The summed E-state index contributed by atoms with van der Waals surface area (Å²) in [5.41, 5.74) is 0.0824. The highest BCUT2D eigenvalue weighted by Gasteiger charge is 2.31. The molecular weight excluding hydrogens is 283 g/mol. The van der Waals surface area contributed by atoms with Gasteiger partial charge in [-0.15, -0.1) is 0 Å². The van der Waals surface area contributed by atoms with Crippen LogP contribution >= 0.6 is 0 Å². The maximum Gasteiger partial charge on any atom is 0.416 e. The molecule has 0 aliphatic carbocycles. The van der Waals surface area contributed by atoms with Crippen LogP contribution in [-0.2, 0) is 10.9 Å². The molecule has 0 radical (unpaired) electrons. The van der Waals surface area contributed by atoms with Crippen LogP contribution in [0, 0.1) is 0 Å². The Bertz CT molecular complexity index is 447. The second-order valence-corrected chi connectivity index (χ2v) is 5.30. The van der Waals surface area contributed by atoms with Gasteiger partial charge in [0.05, 0.1) is 24.4 Å². The highest BCUT2D eigenvalue weighted by molar-refractivity contribution is 5.26. The van der Waals surface area contributed by atoms with Crippen LogP contribution in [0.1, 0.15) is 30.6 Å². The fraction of sp³-hybridized carbons (Fsp3) is 0.600. The molecule has 0 aromatic heterocycles. The van der Waals surface area contributed by atoms with E-state index in [1.807, 2.05) is 6.92 Å². The van der Waals surface area contributed by atoms with Crippen molar-refractivity contribution in [3.8, 4) is 0 Å². The molecule has 0 saturated carbocycles. The van der Waals surface area contributed by atoms with Gasteiger partial charge in [-0.25, -0.2) is 0 Å². The maximum atomic E-state index is 12.5. The highest BCUT2D eigenvalue weighted by Crippen LogP contribution is 2.31. The van der Waals surface area contributed by atoms with Gasteiger partial charge in [0, 0.05) is 19.6 Å². The summed E-state index contributed by atoms with van der Waals surface area (Å²) >= 11 is 0. The lowest BCUT2D eigenvalue weighted by atomic mass is 10.0. The Morgan fingerprint density at radius 3 is 2.57 bits per heavy atom. The average Bonchev–Trinajstić information content (AvgIpc) is 2.46. The van der Waals surface area contributed by atoms with E-state index in [1.54, 1.807) is 0 Å². The Labute approximate surface area is 122 Å². The number of nitrogens with zero attached hydrogens (tertiary/aromatic N) is 1. The van der Waals surface area contributed by atoms with Gasteiger partial charge in [-0.3, -0.25) is 4.90 Å². The van der Waals surface area contributed by atoms with Crippen molar-refractivity contribution in [2.45, 2.75) is 31.7 Å². The number of aliphatic hydroxyl groups excluding tert-OH is 1. The van der Waals surface area contributed by atoms with Crippen molar-refractivity contribution in [2.75, 3.05) is 26.2 Å². The average molecular weight is 303 g/mol. The SMILES string of the molecule is CCC(O)CN1CCOC(c2ccc(C(F)(F)F)cc2)C1. The largest absolute Gasteiger partial charge is 0.416 e. The first-order chi connectivity index (χ1) is 9.90. The summed E-state index contributed by atoms with van der Waals surface area (Å²) in [5, 5.41) is 9.69. The lowest BCUT2D eigenvalue weighted by Crippen LogP contribution is -2.42. The molecule has 2 rings (SSSR count). The summed E-state index contributed by atoms with van der Waals surface area (Å²) in [6.45, 7) is 4.31. The number of β-amino-alcohol motifs (C(OH)–C–C–N with tert-alkyl or cyclic N) is 1. The third kappa shape index (κ3) is 4.43. The summed E-state index contributed by atoms with van der Waals surface area (Å²) in [5.74, 6) is 0. The quantitative estimate of drug-likeness (QED) is 0.928. The minimum Gasteiger partial charge on any atom is -0.392 e. The van der Waals surface area contributed by atoms with Crippen molar-refractivity contribution in [3.63, 3.8) is 0 Å². The van der Waals surface area contributed by atoms with Gasteiger partial charge in [0.15, 0.2) is 0 Å². The molecule has 1 saturated heterocycles. The molecule has 1 heterocycles. The number of ether oxygens (including phenoxy) is 1. The molecule has 118 valence electrons. The first kappa shape index (κ1) is 16.3. The molecule has 1 aromatic rings. The monoisotopic (exact) mass is 303 g/mol. The van der Waals surface area contributed by atoms with Crippen LogP contribution in [-0.4, -0.2) is 42.4 Å². The number of halogens is 3. The predicted octanol–water partition coefficient (Wildman–Crippen LogP) is 2.85. The van der Waals surface area contributed by atoms with Crippen molar-refractivity contribution in [1.29, 1.82) is 0 Å². The van der Waals surface area contributed by atoms with E-state index in [1.165, 1.54) is 12.1 Å².